The fourth-order valence-electron chi connectivity index (χ4n) is 2.09. The Kier molecular flexibility index (Phi) is 6.81. The SMILES string of the molecule is COc1ccc(CSCC(=O)Nc2ccc(OC)c(OC)c2)cc1. The quantitative estimate of drug-likeness (QED) is 0.791. The number of anilines is 1. The topological polar surface area (TPSA) is 56.8 Å². The van der Waals surface area contributed by atoms with Crippen molar-refractivity contribution in [1.82, 2.24) is 0 Å². The van der Waals surface area contributed by atoms with Crippen LogP contribution in [0.1, 0.15) is 5.56 Å². The molecule has 0 atom stereocenters. The summed E-state index contributed by atoms with van der Waals surface area (Å²) in [7, 11) is 4.78. The largest absolute Gasteiger partial charge is 0.497 e. The van der Waals surface area contributed by atoms with E-state index in [1.807, 2.05) is 24.3 Å². The van der Waals surface area contributed by atoms with Crippen molar-refractivity contribution in [2.75, 3.05) is 32.4 Å². The van der Waals surface area contributed by atoms with Gasteiger partial charge in [-0.3, -0.25) is 4.79 Å². The molecule has 5 nitrogen and oxygen atoms in total. The number of ether oxygens (including phenoxy) is 3. The Labute approximate surface area is 146 Å². The van der Waals surface area contributed by atoms with Crippen LogP contribution in [0.25, 0.3) is 0 Å². The minimum Gasteiger partial charge on any atom is -0.497 e. The number of thioether (sulfide) groups is 1. The molecule has 0 heterocycles. The van der Waals surface area contributed by atoms with Crippen molar-refractivity contribution < 1.29 is 19.0 Å². The molecule has 0 unspecified atom stereocenters. The molecule has 0 radical (unpaired) electrons. The van der Waals surface area contributed by atoms with Gasteiger partial charge in [0.1, 0.15) is 5.75 Å². The molecular weight excluding hydrogens is 326 g/mol. The normalized spacial score (nSPS) is 10.1. The van der Waals surface area contributed by atoms with Gasteiger partial charge in [-0.1, -0.05) is 12.1 Å². The van der Waals surface area contributed by atoms with E-state index < -0.39 is 0 Å². The highest BCUT2D eigenvalue weighted by atomic mass is 32.2. The van der Waals surface area contributed by atoms with E-state index in [0.29, 0.717) is 22.9 Å². The molecule has 0 spiro atoms. The summed E-state index contributed by atoms with van der Waals surface area (Å²) in [6.07, 6.45) is 0. The monoisotopic (exact) mass is 347 g/mol. The summed E-state index contributed by atoms with van der Waals surface area (Å²) in [5.41, 5.74) is 1.84. The summed E-state index contributed by atoms with van der Waals surface area (Å²) in [6, 6.07) is 13.1. The fraction of sp³-hybridized carbons (Fsp3) is 0.278. The van der Waals surface area contributed by atoms with Crippen LogP contribution in [0.2, 0.25) is 0 Å². The van der Waals surface area contributed by atoms with Crippen LogP contribution in [-0.4, -0.2) is 33.0 Å². The molecule has 0 bridgehead atoms. The van der Waals surface area contributed by atoms with Gasteiger partial charge in [0.2, 0.25) is 5.91 Å². The summed E-state index contributed by atoms with van der Waals surface area (Å²) < 4.78 is 15.5. The molecule has 0 aromatic heterocycles. The van der Waals surface area contributed by atoms with Crippen molar-refractivity contribution in [2.45, 2.75) is 5.75 Å². The zero-order chi connectivity index (χ0) is 17.4. The van der Waals surface area contributed by atoms with Gasteiger partial charge in [0.25, 0.3) is 0 Å². The van der Waals surface area contributed by atoms with Crippen LogP contribution in [0.5, 0.6) is 17.2 Å². The minimum absolute atomic E-state index is 0.0549. The maximum absolute atomic E-state index is 12.0. The Balaban J connectivity index is 1.82. The van der Waals surface area contributed by atoms with E-state index in [-0.39, 0.29) is 5.91 Å². The van der Waals surface area contributed by atoms with E-state index >= 15 is 0 Å². The molecule has 1 N–H and O–H groups in total. The number of rotatable bonds is 8. The van der Waals surface area contributed by atoms with Gasteiger partial charge >= 0.3 is 0 Å². The lowest BCUT2D eigenvalue weighted by Gasteiger charge is -2.10. The summed E-state index contributed by atoms with van der Waals surface area (Å²) in [5, 5.41) is 2.86. The molecular formula is C18H21NO4S. The number of benzene rings is 2. The van der Waals surface area contributed by atoms with Crippen molar-refractivity contribution in [3.05, 3.63) is 48.0 Å². The molecule has 2 aromatic rings. The third-order valence-corrected chi connectivity index (χ3v) is 4.33. The van der Waals surface area contributed by atoms with Gasteiger partial charge in [-0.05, 0) is 29.8 Å². The second kappa shape index (κ2) is 9.08. The third-order valence-electron chi connectivity index (χ3n) is 3.33. The van der Waals surface area contributed by atoms with Crippen LogP contribution in [0.15, 0.2) is 42.5 Å². The van der Waals surface area contributed by atoms with E-state index in [2.05, 4.69) is 5.32 Å². The number of hydrogen-bond acceptors (Lipinski definition) is 5. The molecule has 2 rings (SSSR count). The Hall–Kier alpha value is -2.34. The van der Waals surface area contributed by atoms with Gasteiger partial charge < -0.3 is 19.5 Å². The van der Waals surface area contributed by atoms with E-state index in [4.69, 9.17) is 14.2 Å². The average molecular weight is 347 g/mol. The molecule has 0 saturated carbocycles. The molecule has 6 heteroatoms. The Morgan fingerprint density at radius 3 is 2.29 bits per heavy atom. The lowest BCUT2D eigenvalue weighted by molar-refractivity contribution is -0.113. The highest BCUT2D eigenvalue weighted by Gasteiger charge is 2.07. The highest BCUT2D eigenvalue weighted by Crippen LogP contribution is 2.29. The first kappa shape index (κ1) is 18.0. The van der Waals surface area contributed by atoms with Crippen molar-refractivity contribution in [3.8, 4) is 17.2 Å². The van der Waals surface area contributed by atoms with Gasteiger partial charge in [0, 0.05) is 17.5 Å². The zero-order valence-corrected chi connectivity index (χ0v) is 14.8. The molecule has 2 aromatic carbocycles. The highest BCUT2D eigenvalue weighted by molar-refractivity contribution is 7.99. The number of carbonyl (C=O) groups excluding carboxylic acids is 1. The number of nitrogens with one attached hydrogen (secondary N) is 1. The maximum Gasteiger partial charge on any atom is 0.234 e. The van der Waals surface area contributed by atoms with Crippen LogP contribution < -0.4 is 19.5 Å². The molecule has 0 fully saturated rings. The number of carbonyl (C=O) groups is 1. The van der Waals surface area contributed by atoms with E-state index in [1.165, 1.54) is 0 Å². The predicted molar refractivity (Wildman–Crippen MR) is 97.3 cm³/mol. The summed E-state index contributed by atoms with van der Waals surface area (Å²) in [5.74, 6) is 3.13. The lowest BCUT2D eigenvalue weighted by Crippen LogP contribution is -2.14. The average Bonchev–Trinajstić information content (AvgIpc) is 2.62. The van der Waals surface area contributed by atoms with Crippen LogP contribution in [0, 0.1) is 0 Å². The molecule has 128 valence electrons. The number of methoxy groups -OCH3 is 3. The molecule has 0 aliphatic rings. The first-order valence-electron chi connectivity index (χ1n) is 7.39. The van der Waals surface area contributed by atoms with Crippen molar-refractivity contribution in [2.24, 2.45) is 0 Å². The van der Waals surface area contributed by atoms with Crippen molar-refractivity contribution in [1.29, 1.82) is 0 Å². The van der Waals surface area contributed by atoms with Gasteiger partial charge in [-0.15, -0.1) is 11.8 Å². The van der Waals surface area contributed by atoms with Crippen molar-refractivity contribution >= 4 is 23.4 Å². The van der Waals surface area contributed by atoms with Gasteiger partial charge in [-0.2, -0.15) is 0 Å². The second-order valence-corrected chi connectivity index (χ2v) is 5.94. The van der Waals surface area contributed by atoms with Crippen LogP contribution >= 0.6 is 11.8 Å². The van der Waals surface area contributed by atoms with Crippen molar-refractivity contribution in [3.63, 3.8) is 0 Å². The van der Waals surface area contributed by atoms with E-state index in [1.54, 1.807) is 51.3 Å². The number of hydrogen-bond donors (Lipinski definition) is 1. The zero-order valence-electron chi connectivity index (χ0n) is 14.0. The standard InChI is InChI=1S/C18H21NO4S/c1-21-15-7-4-13(5-8-15)11-24-12-18(20)19-14-6-9-16(22-2)17(10-14)23-3/h4-10H,11-12H2,1-3H3,(H,19,20). The fourth-order valence-corrected chi connectivity index (χ4v) is 2.88. The first-order chi connectivity index (χ1) is 11.7. The molecule has 1 amide bonds. The second-order valence-electron chi connectivity index (χ2n) is 4.96. The van der Waals surface area contributed by atoms with Gasteiger partial charge in [0.05, 0.1) is 27.1 Å². The summed E-state index contributed by atoms with van der Waals surface area (Å²) in [4.78, 5) is 12.0. The molecule has 0 saturated heterocycles. The Bertz CT molecular complexity index is 673. The van der Waals surface area contributed by atoms with Crippen LogP contribution in [0.3, 0.4) is 0 Å². The predicted octanol–water partition coefficient (Wildman–Crippen LogP) is 3.58. The Morgan fingerprint density at radius 2 is 1.67 bits per heavy atom. The third kappa shape index (κ3) is 5.09. The van der Waals surface area contributed by atoms with E-state index in [9.17, 15) is 4.79 Å². The van der Waals surface area contributed by atoms with Gasteiger partial charge in [0.15, 0.2) is 11.5 Å². The molecule has 0 aliphatic carbocycles. The van der Waals surface area contributed by atoms with Crippen LogP contribution in [-0.2, 0) is 10.5 Å². The van der Waals surface area contributed by atoms with E-state index in [0.717, 1.165) is 17.1 Å². The van der Waals surface area contributed by atoms with Gasteiger partial charge in [-0.25, -0.2) is 0 Å². The number of amides is 1. The summed E-state index contributed by atoms with van der Waals surface area (Å²) in [6.45, 7) is 0. The molecule has 0 aliphatic heterocycles. The lowest BCUT2D eigenvalue weighted by atomic mass is 10.2. The molecule has 24 heavy (non-hydrogen) atoms. The smallest absolute Gasteiger partial charge is 0.234 e. The first-order valence-corrected chi connectivity index (χ1v) is 8.54. The van der Waals surface area contributed by atoms with Crippen LogP contribution in [0.4, 0.5) is 5.69 Å². The Morgan fingerprint density at radius 1 is 0.958 bits per heavy atom. The minimum atomic E-state index is -0.0549. The maximum atomic E-state index is 12.0. The summed E-state index contributed by atoms with van der Waals surface area (Å²) >= 11 is 1.56.